The Labute approximate surface area is 68.8 Å². The Morgan fingerprint density at radius 2 is 2.09 bits per heavy atom. The molecule has 11 heavy (non-hydrogen) atoms. The maximum atomic E-state index is 9.58. The van der Waals surface area contributed by atoms with E-state index in [0.717, 1.165) is 31.1 Å². The van der Waals surface area contributed by atoms with Gasteiger partial charge in [0.25, 0.3) is 0 Å². The van der Waals surface area contributed by atoms with Crippen LogP contribution in [0.4, 0.5) is 0 Å². The molecule has 2 aliphatic carbocycles. The Morgan fingerprint density at radius 1 is 1.45 bits per heavy atom. The van der Waals surface area contributed by atoms with E-state index >= 15 is 0 Å². The smallest absolute Gasteiger partial charge is 0.0650 e. The van der Waals surface area contributed by atoms with Crippen molar-refractivity contribution in [2.75, 3.05) is 0 Å². The molecule has 0 heterocycles. The van der Waals surface area contributed by atoms with Gasteiger partial charge in [-0.05, 0) is 50.4 Å². The Hall–Kier alpha value is -0.0400. The molecule has 0 bridgehead atoms. The van der Waals surface area contributed by atoms with Crippen LogP contribution in [0.3, 0.4) is 0 Å². The van der Waals surface area contributed by atoms with E-state index in [1.54, 1.807) is 0 Å². The highest BCUT2D eigenvalue weighted by atomic mass is 16.3. The number of aliphatic hydroxyl groups is 1. The van der Waals surface area contributed by atoms with Crippen LogP contribution in [0.5, 0.6) is 0 Å². The quantitative estimate of drug-likeness (QED) is 0.659. The lowest BCUT2D eigenvalue weighted by molar-refractivity contribution is 0.130. The molecule has 0 aliphatic heterocycles. The second kappa shape index (κ2) is 2.48. The molecule has 0 amide bonds. The molecule has 0 aromatic rings. The maximum absolute atomic E-state index is 9.58. The highest BCUT2D eigenvalue weighted by molar-refractivity contribution is 4.94. The minimum absolute atomic E-state index is 0.205. The molecule has 0 aromatic heterocycles. The zero-order valence-electron chi connectivity index (χ0n) is 7.34. The van der Waals surface area contributed by atoms with Crippen molar-refractivity contribution < 1.29 is 5.11 Å². The second-order valence-corrected chi connectivity index (χ2v) is 4.58. The van der Waals surface area contributed by atoms with Gasteiger partial charge in [0.15, 0.2) is 0 Å². The molecule has 1 atom stereocenters. The van der Waals surface area contributed by atoms with Crippen molar-refractivity contribution in [1.82, 2.24) is 0 Å². The second-order valence-electron chi connectivity index (χ2n) is 4.58. The molecular weight excluding hydrogens is 136 g/mol. The van der Waals surface area contributed by atoms with Crippen LogP contribution >= 0.6 is 0 Å². The van der Waals surface area contributed by atoms with Crippen LogP contribution in [-0.4, -0.2) is 10.7 Å². The number of hydrogen-bond donors (Lipinski definition) is 1. The summed E-state index contributed by atoms with van der Waals surface area (Å²) in [6.07, 6.45) is 7.32. The van der Waals surface area contributed by atoms with Gasteiger partial charge in [0.2, 0.25) is 0 Å². The first-order valence-electron chi connectivity index (χ1n) is 4.92. The zero-order valence-corrected chi connectivity index (χ0v) is 7.34. The summed E-state index contributed by atoms with van der Waals surface area (Å²) in [5, 5.41) is 9.58. The standard InChI is InChI=1S/C10H18O/c1-8(9-2-3-9)4-5-10(11)6-7-10/h8-9,11H,2-7H2,1H3. The molecule has 2 fully saturated rings. The lowest BCUT2D eigenvalue weighted by Crippen LogP contribution is -2.09. The average molecular weight is 154 g/mol. The summed E-state index contributed by atoms with van der Waals surface area (Å²) in [6.45, 7) is 2.34. The average Bonchev–Trinajstić information content (AvgIpc) is 2.76. The topological polar surface area (TPSA) is 20.2 Å². The molecular formula is C10H18O. The third-order valence-corrected chi connectivity index (χ3v) is 3.32. The fourth-order valence-electron chi connectivity index (χ4n) is 1.79. The van der Waals surface area contributed by atoms with Crippen molar-refractivity contribution >= 4 is 0 Å². The summed E-state index contributed by atoms with van der Waals surface area (Å²) in [6, 6.07) is 0. The molecule has 1 nitrogen and oxygen atoms in total. The van der Waals surface area contributed by atoms with Crippen molar-refractivity contribution in [3.8, 4) is 0 Å². The van der Waals surface area contributed by atoms with Gasteiger partial charge in [-0.1, -0.05) is 6.92 Å². The summed E-state index contributed by atoms with van der Waals surface area (Å²) < 4.78 is 0. The predicted molar refractivity (Wildman–Crippen MR) is 45.3 cm³/mol. The van der Waals surface area contributed by atoms with Crippen LogP contribution in [0.15, 0.2) is 0 Å². The first kappa shape index (κ1) is 7.60. The Morgan fingerprint density at radius 3 is 2.55 bits per heavy atom. The summed E-state index contributed by atoms with van der Waals surface area (Å²) in [5.41, 5.74) is -0.205. The Kier molecular flexibility index (Phi) is 1.71. The highest BCUT2D eigenvalue weighted by Gasteiger charge is 2.40. The maximum Gasteiger partial charge on any atom is 0.0650 e. The lowest BCUT2D eigenvalue weighted by atomic mass is 9.97. The summed E-state index contributed by atoms with van der Waals surface area (Å²) >= 11 is 0. The van der Waals surface area contributed by atoms with Crippen LogP contribution in [-0.2, 0) is 0 Å². The van der Waals surface area contributed by atoms with E-state index in [1.807, 2.05) is 0 Å². The van der Waals surface area contributed by atoms with Crippen molar-refractivity contribution in [2.45, 2.75) is 51.0 Å². The van der Waals surface area contributed by atoms with Gasteiger partial charge in [-0.25, -0.2) is 0 Å². The van der Waals surface area contributed by atoms with Crippen molar-refractivity contribution in [2.24, 2.45) is 11.8 Å². The van der Waals surface area contributed by atoms with Crippen LogP contribution in [0.2, 0.25) is 0 Å². The summed E-state index contributed by atoms with van der Waals surface area (Å²) in [5.74, 6) is 1.89. The molecule has 0 saturated heterocycles. The van der Waals surface area contributed by atoms with Gasteiger partial charge < -0.3 is 5.11 Å². The minimum Gasteiger partial charge on any atom is -0.390 e. The third kappa shape index (κ3) is 1.96. The predicted octanol–water partition coefficient (Wildman–Crippen LogP) is 2.34. The highest BCUT2D eigenvalue weighted by Crippen LogP contribution is 2.44. The third-order valence-electron chi connectivity index (χ3n) is 3.32. The zero-order chi connectivity index (χ0) is 7.90. The van der Waals surface area contributed by atoms with Gasteiger partial charge in [0, 0.05) is 0 Å². The van der Waals surface area contributed by atoms with E-state index in [1.165, 1.54) is 19.3 Å². The largest absolute Gasteiger partial charge is 0.390 e. The molecule has 1 unspecified atom stereocenters. The molecule has 2 saturated carbocycles. The van der Waals surface area contributed by atoms with Crippen LogP contribution in [0, 0.1) is 11.8 Å². The Balaban J connectivity index is 1.65. The van der Waals surface area contributed by atoms with E-state index in [4.69, 9.17) is 0 Å². The van der Waals surface area contributed by atoms with E-state index in [2.05, 4.69) is 6.92 Å². The monoisotopic (exact) mass is 154 g/mol. The van der Waals surface area contributed by atoms with Crippen molar-refractivity contribution in [3.05, 3.63) is 0 Å². The molecule has 0 spiro atoms. The van der Waals surface area contributed by atoms with E-state index in [9.17, 15) is 5.11 Å². The molecule has 2 aliphatic rings. The molecule has 1 heteroatoms. The van der Waals surface area contributed by atoms with E-state index < -0.39 is 0 Å². The normalized spacial score (nSPS) is 30.0. The van der Waals surface area contributed by atoms with Gasteiger partial charge in [-0.3, -0.25) is 0 Å². The number of hydrogen-bond acceptors (Lipinski definition) is 1. The Bertz CT molecular complexity index is 145. The first-order chi connectivity index (χ1) is 5.20. The number of rotatable bonds is 4. The summed E-state index contributed by atoms with van der Waals surface area (Å²) in [4.78, 5) is 0. The fraction of sp³-hybridized carbons (Fsp3) is 1.00. The van der Waals surface area contributed by atoms with Gasteiger partial charge in [-0.2, -0.15) is 0 Å². The van der Waals surface area contributed by atoms with Crippen LogP contribution < -0.4 is 0 Å². The van der Waals surface area contributed by atoms with Gasteiger partial charge in [-0.15, -0.1) is 0 Å². The molecule has 0 aromatic carbocycles. The van der Waals surface area contributed by atoms with Crippen molar-refractivity contribution in [3.63, 3.8) is 0 Å². The SMILES string of the molecule is CC(CCC1(O)CC1)C1CC1. The lowest BCUT2D eigenvalue weighted by Gasteiger charge is -2.12. The molecule has 2 rings (SSSR count). The van der Waals surface area contributed by atoms with E-state index in [-0.39, 0.29) is 5.60 Å². The van der Waals surface area contributed by atoms with Gasteiger partial charge in [0.05, 0.1) is 5.60 Å². The molecule has 1 N–H and O–H groups in total. The van der Waals surface area contributed by atoms with Crippen molar-refractivity contribution in [1.29, 1.82) is 0 Å². The minimum atomic E-state index is -0.205. The van der Waals surface area contributed by atoms with Gasteiger partial charge >= 0.3 is 0 Å². The van der Waals surface area contributed by atoms with Gasteiger partial charge in [0.1, 0.15) is 0 Å². The first-order valence-corrected chi connectivity index (χ1v) is 4.92. The fourth-order valence-corrected chi connectivity index (χ4v) is 1.79. The summed E-state index contributed by atoms with van der Waals surface area (Å²) in [7, 11) is 0. The van der Waals surface area contributed by atoms with E-state index in [0.29, 0.717) is 0 Å². The van der Waals surface area contributed by atoms with Crippen LogP contribution in [0.1, 0.15) is 45.4 Å². The molecule has 64 valence electrons. The van der Waals surface area contributed by atoms with Crippen LogP contribution in [0.25, 0.3) is 0 Å². The molecule has 0 radical (unpaired) electrons.